The predicted molar refractivity (Wildman–Crippen MR) is 58.2 cm³/mol. The molecule has 0 saturated carbocycles. The fraction of sp³-hybridized carbons (Fsp3) is 0.818. The number of amides is 2. The molecule has 0 spiro atoms. The van der Waals surface area contributed by atoms with Crippen molar-refractivity contribution >= 4 is 11.8 Å². The van der Waals surface area contributed by atoms with E-state index in [-0.39, 0.29) is 23.8 Å². The second-order valence-electron chi connectivity index (χ2n) is 4.24. The first kappa shape index (κ1) is 12.0. The van der Waals surface area contributed by atoms with Crippen molar-refractivity contribution in [1.29, 1.82) is 0 Å². The van der Waals surface area contributed by atoms with Crippen LogP contribution in [-0.4, -0.2) is 24.4 Å². The van der Waals surface area contributed by atoms with Gasteiger partial charge in [0.15, 0.2) is 0 Å². The Morgan fingerprint density at radius 2 is 2.40 bits per heavy atom. The standard InChI is InChI=1S/C11H20N2O2/c1-3-4-8(2)13-11(15)9-5-6-10(14)12-7-9/h8-9H,3-7H2,1-2H3,(H,12,14)(H,13,15). The summed E-state index contributed by atoms with van der Waals surface area (Å²) >= 11 is 0. The Labute approximate surface area is 90.8 Å². The molecule has 0 aromatic carbocycles. The number of carbonyl (C=O) groups excluding carboxylic acids is 2. The fourth-order valence-corrected chi connectivity index (χ4v) is 1.82. The van der Waals surface area contributed by atoms with Crippen molar-refractivity contribution in [3.63, 3.8) is 0 Å². The fourth-order valence-electron chi connectivity index (χ4n) is 1.82. The SMILES string of the molecule is CCCC(C)NC(=O)C1CCC(=O)NC1. The summed E-state index contributed by atoms with van der Waals surface area (Å²) in [4.78, 5) is 22.6. The van der Waals surface area contributed by atoms with Crippen molar-refractivity contribution in [3.8, 4) is 0 Å². The molecule has 86 valence electrons. The van der Waals surface area contributed by atoms with Crippen molar-refractivity contribution < 1.29 is 9.59 Å². The van der Waals surface area contributed by atoms with Crippen LogP contribution in [0.3, 0.4) is 0 Å². The summed E-state index contributed by atoms with van der Waals surface area (Å²) in [5.41, 5.74) is 0. The number of carbonyl (C=O) groups is 2. The van der Waals surface area contributed by atoms with Crippen molar-refractivity contribution in [3.05, 3.63) is 0 Å². The van der Waals surface area contributed by atoms with Crippen molar-refractivity contribution in [2.45, 2.75) is 45.6 Å². The molecule has 0 bridgehead atoms. The Morgan fingerprint density at radius 1 is 1.67 bits per heavy atom. The van der Waals surface area contributed by atoms with Gasteiger partial charge in [-0.15, -0.1) is 0 Å². The summed E-state index contributed by atoms with van der Waals surface area (Å²) in [5.74, 6) is 0.0959. The van der Waals surface area contributed by atoms with Crippen LogP contribution in [0.1, 0.15) is 39.5 Å². The van der Waals surface area contributed by atoms with E-state index in [0.29, 0.717) is 19.4 Å². The van der Waals surface area contributed by atoms with Crippen molar-refractivity contribution in [1.82, 2.24) is 10.6 Å². The zero-order chi connectivity index (χ0) is 11.3. The van der Waals surface area contributed by atoms with E-state index in [1.54, 1.807) is 0 Å². The summed E-state index contributed by atoms with van der Waals surface area (Å²) in [6.07, 6.45) is 3.23. The molecule has 1 fully saturated rings. The molecule has 1 aliphatic heterocycles. The van der Waals surface area contributed by atoms with Crippen molar-refractivity contribution in [2.24, 2.45) is 5.92 Å². The smallest absolute Gasteiger partial charge is 0.225 e. The van der Waals surface area contributed by atoms with E-state index in [2.05, 4.69) is 17.6 Å². The Hall–Kier alpha value is -1.06. The molecular formula is C11H20N2O2. The average Bonchev–Trinajstić information content (AvgIpc) is 2.18. The highest BCUT2D eigenvalue weighted by Gasteiger charge is 2.24. The minimum Gasteiger partial charge on any atom is -0.355 e. The van der Waals surface area contributed by atoms with Crippen molar-refractivity contribution in [2.75, 3.05) is 6.54 Å². The summed E-state index contributed by atoms with van der Waals surface area (Å²) in [7, 11) is 0. The number of piperidine rings is 1. The minimum absolute atomic E-state index is 0.0398. The van der Waals surface area contributed by atoms with Gasteiger partial charge in [0.2, 0.25) is 11.8 Å². The molecule has 0 radical (unpaired) electrons. The molecule has 0 aliphatic carbocycles. The Morgan fingerprint density at radius 3 is 2.93 bits per heavy atom. The third-order valence-corrected chi connectivity index (χ3v) is 2.75. The maximum absolute atomic E-state index is 11.7. The minimum atomic E-state index is -0.0398. The van der Waals surface area contributed by atoms with E-state index in [0.717, 1.165) is 12.8 Å². The van der Waals surface area contributed by atoms with E-state index in [9.17, 15) is 9.59 Å². The highest BCUT2D eigenvalue weighted by atomic mass is 16.2. The summed E-state index contributed by atoms with van der Waals surface area (Å²) in [5, 5.41) is 5.69. The highest BCUT2D eigenvalue weighted by molar-refractivity contribution is 5.83. The Kier molecular flexibility index (Phi) is 4.59. The van der Waals surface area contributed by atoms with Crippen LogP contribution in [0.4, 0.5) is 0 Å². The molecule has 2 N–H and O–H groups in total. The van der Waals surface area contributed by atoms with Crippen LogP contribution in [0.15, 0.2) is 0 Å². The predicted octanol–water partition coefficient (Wildman–Crippen LogP) is 0.817. The first-order valence-electron chi connectivity index (χ1n) is 5.70. The lowest BCUT2D eigenvalue weighted by Crippen LogP contribution is -2.45. The second kappa shape index (κ2) is 5.73. The largest absolute Gasteiger partial charge is 0.355 e. The summed E-state index contributed by atoms with van der Waals surface area (Å²) in [6.45, 7) is 4.61. The number of nitrogens with one attached hydrogen (secondary N) is 2. The lowest BCUT2D eigenvalue weighted by Gasteiger charge is -2.23. The van der Waals surface area contributed by atoms with E-state index >= 15 is 0 Å². The third-order valence-electron chi connectivity index (χ3n) is 2.75. The summed E-state index contributed by atoms with van der Waals surface area (Å²) < 4.78 is 0. The van der Waals surface area contributed by atoms with Crippen LogP contribution in [0.5, 0.6) is 0 Å². The lowest BCUT2D eigenvalue weighted by molar-refractivity contribution is -0.129. The first-order valence-corrected chi connectivity index (χ1v) is 5.70. The van der Waals surface area contributed by atoms with Gasteiger partial charge in [-0.3, -0.25) is 9.59 Å². The molecule has 1 aliphatic rings. The topological polar surface area (TPSA) is 58.2 Å². The molecule has 1 heterocycles. The van der Waals surface area contributed by atoms with Gasteiger partial charge in [0.05, 0.1) is 5.92 Å². The normalized spacial score (nSPS) is 23.1. The molecule has 1 saturated heterocycles. The van der Waals surface area contributed by atoms with Gasteiger partial charge < -0.3 is 10.6 Å². The first-order chi connectivity index (χ1) is 7.13. The zero-order valence-corrected chi connectivity index (χ0v) is 9.51. The van der Waals surface area contributed by atoms with Gasteiger partial charge in [0.25, 0.3) is 0 Å². The quantitative estimate of drug-likeness (QED) is 0.724. The van der Waals surface area contributed by atoms with Crippen LogP contribution >= 0.6 is 0 Å². The zero-order valence-electron chi connectivity index (χ0n) is 9.51. The molecule has 4 heteroatoms. The van der Waals surface area contributed by atoms with E-state index < -0.39 is 0 Å². The molecule has 15 heavy (non-hydrogen) atoms. The number of hydrogen-bond acceptors (Lipinski definition) is 2. The van der Waals surface area contributed by atoms with Gasteiger partial charge in [-0.1, -0.05) is 13.3 Å². The molecule has 2 amide bonds. The highest BCUT2D eigenvalue weighted by Crippen LogP contribution is 2.11. The molecule has 2 unspecified atom stereocenters. The van der Waals surface area contributed by atoms with Crippen LogP contribution in [0.25, 0.3) is 0 Å². The molecule has 4 nitrogen and oxygen atoms in total. The molecule has 0 aromatic rings. The maximum atomic E-state index is 11.7. The number of rotatable bonds is 4. The van der Waals surface area contributed by atoms with Gasteiger partial charge in [-0.25, -0.2) is 0 Å². The van der Waals surface area contributed by atoms with Crippen LogP contribution < -0.4 is 10.6 Å². The van der Waals surface area contributed by atoms with Crippen LogP contribution in [0, 0.1) is 5.92 Å². The van der Waals surface area contributed by atoms with E-state index in [4.69, 9.17) is 0 Å². The average molecular weight is 212 g/mol. The van der Waals surface area contributed by atoms with Crippen LogP contribution in [-0.2, 0) is 9.59 Å². The van der Waals surface area contributed by atoms with E-state index in [1.807, 2.05) is 6.92 Å². The maximum Gasteiger partial charge on any atom is 0.225 e. The molecule has 2 atom stereocenters. The number of hydrogen-bond donors (Lipinski definition) is 2. The Balaban J connectivity index is 2.30. The molecule has 1 rings (SSSR count). The second-order valence-corrected chi connectivity index (χ2v) is 4.24. The van der Waals surface area contributed by atoms with Gasteiger partial charge in [-0.2, -0.15) is 0 Å². The monoisotopic (exact) mass is 212 g/mol. The molecular weight excluding hydrogens is 192 g/mol. The molecule has 0 aromatic heterocycles. The summed E-state index contributed by atoms with van der Waals surface area (Å²) in [6, 6.07) is 0.236. The van der Waals surface area contributed by atoms with Gasteiger partial charge >= 0.3 is 0 Å². The third kappa shape index (κ3) is 3.90. The van der Waals surface area contributed by atoms with E-state index in [1.165, 1.54) is 0 Å². The van der Waals surface area contributed by atoms with Gasteiger partial charge in [0, 0.05) is 19.0 Å². The lowest BCUT2D eigenvalue weighted by atomic mass is 9.98. The van der Waals surface area contributed by atoms with Gasteiger partial charge in [-0.05, 0) is 19.8 Å². The van der Waals surface area contributed by atoms with Crippen LogP contribution in [0.2, 0.25) is 0 Å². The Bertz CT molecular complexity index is 231. The van der Waals surface area contributed by atoms with Gasteiger partial charge in [0.1, 0.15) is 0 Å².